The van der Waals surface area contributed by atoms with Crippen molar-refractivity contribution in [3.05, 3.63) is 24.3 Å². The smallest absolute Gasteiger partial charge is 0.306 e. The summed E-state index contributed by atoms with van der Waals surface area (Å²) in [5.74, 6) is -1.75. The number of likely N-dealkylation sites (N-methyl/N-ethyl adjacent to an activating group) is 1. The molecule has 0 saturated heterocycles. The Bertz CT molecular complexity index is 803. The number of nitrogens with zero attached hydrogens (tertiary/aromatic N) is 1. The van der Waals surface area contributed by atoms with E-state index in [4.69, 9.17) is 14.2 Å². The van der Waals surface area contributed by atoms with Crippen LogP contribution in [0.4, 0.5) is 0 Å². The molecule has 0 bridgehead atoms. The average Bonchev–Trinajstić information content (AvgIpc) is 2.98. The number of carbonyl (C=O) groups excluding carboxylic acids is 3. The first-order valence-corrected chi connectivity index (χ1v) is 17.9. The number of hydrogen-bond donors (Lipinski definition) is 0. The van der Waals surface area contributed by atoms with Crippen molar-refractivity contribution in [3.8, 4) is 0 Å². The zero-order chi connectivity index (χ0) is 33.6. The summed E-state index contributed by atoms with van der Waals surface area (Å²) in [4.78, 5) is 36.4. The van der Waals surface area contributed by atoms with E-state index in [-0.39, 0.29) is 42.7 Å². The number of hydrogen-bond acceptors (Lipinski definition) is 7. The molecule has 2 unspecified atom stereocenters. The van der Waals surface area contributed by atoms with Gasteiger partial charge >= 0.3 is 11.9 Å². The van der Waals surface area contributed by atoms with E-state index in [0.29, 0.717) is 12.8 Å². The third-order valence-electron chi connectivity index (χ3n) is 7.85. The van der Waals surface area contributed by atoms with Gasteiger partial charge in [0.2, 0.25) is 0 Å². The topological polar surface area (TPSA) is 102 Å². The van der Waals surface area contributed by atoms with Crippen LogP contribution >= 0.6 is 0 Å². The molecule has 2 atom stereocenters. The predicted octanol–water partition coefficient (Wildman–Crippen LogP) is 7.24. The summed E-state index contributed by atoms with van der Waals surface area (Å²) in [6, 6.07) is -0.721. The largest absolute Gasteiger partial charge is 0.544 e. The van der Waals surface area contributed by atoms with Gasteiger partial charge in [0, 0.05) is 19.3 Å². The summed E-state index contributed by atoms with van der Waals surface area (Å²) in [6.45, 7) is 4.48. The quantitative estimate of drug-likeness (QED) is 0.0342. The van der Waals surface area contributed by atoms with Gasteiger partial charge < -0.3 is 28.6 Å². The van der Waals surface area contributed by atoms with Crippen molar-refractivity contribution >= 4 is 17.9 Å². The van der Waals surface area contributed by atoms with Crippen molar-refractivity contribution in [2.75, 3.05) is 41.0 Å². The van der Waals surface area contributed by atoms with Crippen molar-refractivity contribution in [2.45, 2.75) is 154 Å². The Hall–Kier alpha value is -2.19. The molecular formula is C37H67NO7. The number of unbranched alkanes of at least 4 members (excludes halogenated alkanes) is 13. The Kier molecular flexibility index (Phi) is 27.8. The van der Waals surface area contributed by atoms with Crippen LogP contribution in [0.5, 0.6) is 0 Å². The highest BCUT2D eigenvalue weighted by molar-refractivity contribution is 5.70. The van der Waals surface area contributed by atoms with E-state index < -0.39 is 18.1 Å². The standard InChI is InChI=1S/C37H67NO7/c1-6-8-10-12-14-15-16-17-18-19-20-22-23-25-27-35(39)44-32-33(31-43-30-29-34(37(41)42)38(3,4)5)45-36(40)28-26-24-21-13-11-9-7-2/h8,10,14-15,33-34H,6-7,9,11-13,16-32H2,1-5H3/b10-8+,15-14+. The number of rotatable bonds is 31. The molecule has 0 aliphatic rings. The van der Waals surface area contributed by atoms with Crippen molar-refractivity contribution in [3.63, 3.8) is 0 Å². The van der Waals surface area contributed by atoms with Crippen molar-refractivity contribution < 1.29 is 38.2 Å². The van der Waals surface area contributed by atoms with Crippen molar-refractivity contribution in [1.29, 1.82) is 0 Å². The maximum atomic E-state index is 12.5. The number of quaternary nitrogens is 1. The average molecular weight is 638 g/mol. The fourth-order valence-corrected chi connectivity index (χ4v) is 5.05. The number of carboxylic acid groups (broad SMARTS) is 1. The first-order valence-electron chi connectivity index (χ1n) is 17.9. The van der Waals surface area contributed by atoms with Gasteiger partial charge in [-0.05, 0) is 38.5 Å². The number of carbonyl (C=O) groups is 3. The molecule has 0 spiro atoms. The molecule has 0 amide bonds. The lowest BCUT2D eigenvalue weighted by Gasteiger charge is -2.34. The fraction of sp³-hybridized carbons (Fsp3) is 0.811. The third-order valence-corrected chi connectivity index (χ3v) is 7.85. The predicted molar refractivity (Wildman–Crippen MR) is 180 cm³/mol. The highest BCUT2D eigenvalue weighted by Gasteiger charge is 2.25. The second-order valence-corrected chi connectivity index (χ2v) is 13.1. The first kappa shape index (κ1) is 42.8. The summed E-state index contributed by atoms with van der Waals surface area (Å²) < 4.78 is 17.0. The molecule has 8 nitrogen and oxygen atoms in total. The Morgan fingerprint density at radius 1 is 0.689 bits per heavy atom. The second kappa shape index (κ2) is 29.2. The molecule has 0 radical (unpaired) electrons. The zero-order valence-electron chi connectivity index (χ0n) is 29.5. The molecule has 0 aromatic carbocycles. The molecule has 0 rings (SSSR count). The summed E-state index contributed by atoms with van der Waals surface area (Å²) in [5, 5.41) is 11.5. The lowest BCUT2D eigenvalue weighted by atomic mass is 10.1. The number of carboxylic acids is 1. The summed E-state index contributed by atoms with van der Waals surface area (Å²) in [7, 11) is 5.38. The molecule has 45 heavy (non-hydrogen) atoms. The van der Waals surface area contributed by atoms with E-state index in [9.17, 15) is 19.5 Å². The van der Waals surface area contributed by atoms with Crippen LogP contribution in [0.2, 0.25) is 0 Å². The molecular weight excluding hydrogens is 570 g/mol. The number of ether oxygens (including phenoxy) is 3. The maximum absolute atomic E-state index is 12.5. The van der Waals surface area contributed by atoms with Gasteiger partial charge in [0.25, 0.3) is 0 Å². The van der Waals surface area contributed by atoms with E-state index in [1.165, 1.54) is 51.4 Å². The number of esters is 2. The van der Waals surface area contributed by atoms with Crippen LogP contribution in [0.3, 0.4) is 0 Å². The molecule has 0 aromatic rings. The van der Waals surface area contributed by atoms with Gasteiger partial charge in [0.15, 0.2) is 6.10 Å². The van der Waals surface area contributed by atoms with Crippen LogP contribution in [-0.2, 0) is 28.6 Å². The molecule has 262 valence electrons. The van der Waals surface area contributed by atoms with Gasteiger partial charge in [-0.15, -0.1) is 0 Å². The Balaban J connectivity index is 4.38. The van der Waals surface area contributed by atoms with E-state index in [0.717, 1.165) is 57.8 Å². The lowest BCUT2D eigenvalue weighted by Crippen LogP contribution is -2.55. The van der Waals surface area contributed by atoms with Gasteiger partial charge in [-0.3, -0.25) is 9.59 Å². The lowest BCUT2D eigenvalue weighted by molar-refractivity contribution is -0.889. The van der Waals surface area contributed by atoms with Crippen LogP contribution in [-0.4, -0.2) is 75.5 Å². The molecule has 0 fully saturated rings. The fourth-order valence-electron chi connectivity index (χ4n) is 5.05. The van der Waals surface area contributed by atoms with Gasteiger partial charge in [-0.25, -0.2) is 0 Å². The van der Waals surface area contributed by atoms with Crippen molar-refractivity contribution in [1.82, 2.24) is 0 Å². The summed E-state index contributed by atoms with van der Waals surface area (Å²) >= 11 is 0. The Labute approximate surface area is 275 Å². The Morgan fingerprint density at radius 3 is 1.82 bits per heavy atom. The molecule has 0 saturated carbocycles. The van der Waals surface area contributed by atoms with E-state index in [2.05, 4.69) is 38.2 Å². The minimum Gasteiger partial charge on any atom is -0.544 e. The van der Waals surface area contributed by atoms with Crippen LogP contribution < -0.4 is 5.11 Å². The van der Waals surface area contributed by atoms with Crippen LogP contribution in [0.15, 0.2) is 24.3 Å². The van der Waals surface area contributed by atoms with Gasteiger partial charge in [0.1, 0.15) is 12.6 Å². The van der Waals surface area contributed by atoms with E-state index in [1.807, 2.05) is 0 Å². The molecule has 0 heterocycles. The van der Waals surface area contributed by atoms with Crippen LogP contribution in [0.25, 0.3) is 0 Å². The summed E-state index contributed by atoms with van der Waals surface area (Å²) in [5.41, 5.74) is 0. The maximum Gasteiger partial charge on any atom is 0.306 e. The monoisotopic (exact) mass is 637 g/mol. The molecule has 0 aromatic heterocycles. The molecule has 0 aliphatic carbocycles. The molecule has 0 aliphatic heterocycles. The van der Waals surface area contributed by atoms with Crippen molar-refractivity contribution in [2.24, 2.45) is 0 Å². The highest BCUT2D eigenvalue weighted by Crippen LogP contribution is 2.13. The minimum absolute atomic E-state index is 0.0403. The van der Waals surface area contributed by atoms with Gasteiger partial charge in [0.05, 0.1) is 40.3 Å². The van der Waals surface area contributed by atoms with E-state index >= 15 is 0 Å². The van der Waals surface area contributed by atoms with E-state index in [1.54, 1.807) is 21.1 Å². The first-order chi connectivity index (χ1) is 21.6. The van der Waals surface area contributed by atoms with Gasteiger partial charge in [-0.2, -0.15) is 0 Å². The van der Waals surface area contributed by atoms with Crippen LogP contribution in [0.1, 0.15) is 142 Å². The number of aliphatic carboxylic acids is 1. The molecule has 0 N–H and O–H groups in total. The third kappa shape index (κ3) is 27.8. The van der Waals surface area contributed by atoms with Gasteiger partial charge in [-0.1, -0.05) is 109 Å². The minimum atomic E-state index is -1.13. The number of allylic oxidation sites excluding steroid dienone is 4. The highest BCUT2D eigenvalue weighted by atomic mass is 16.6. The van der Waals surface area contributed by atoms with Crippen LogP contribution in [0, 0.1) is 0 Å². The summed E-state index contributed by atoms with van der Waals surface area (Å²) in [6.07, 6.45) is 27.9. The zero-order valence-corrected chi connectivity index (χ0v) is 29.5. The normalized spacial score (nSPS) is 13.4. The SMILES string of the molecule is CC/C=C/C/C=C/CCCCCCCCCC(=O)OCC(COCCC(C(=O)[O-])[N+](C)(C)C)OC(=O)CCCCCCCCC. The molecule has 8 heteroatoms. The Morgan fingerprint density at radius 2 is 1.24 bits per heavy atom. The second-order valence-electron chi connectivity index (χ2n) is 13.1.